The van der Waals surface area contributed by atoms with E-state index < -0.39 is 27.6 Å². The highest BCUT2D eigenvalue weighted by Gasteiger charge is 2.31. The van der Waals surface area contributed by atoms with Crippen LogP contribution in [0.5, 0.6) is 0 Å². The molecule has 0 saturated carbocycles. The summed E-state index contributed by atoms with van der Waals surface area (Å²) in [5.74, 6) is -0.346. The van der Waals surface area contributed by atoms with Crippen molar-refractivity contribution in [2.75, 3.05) is 29.6 Å². The van der Waals surface area contributed by atoms with Gasteiger partial charge in [-0.15, -0.1) is 0 Å². The number of carbonyl (C=O) groups excluding carboxylic acids is 1. The number of urea groups is 1. The highest BCUT2D eigenvalue weighted by atomic mass is 32.2. The number of amides is 2. The number of aromatic nitrogens is 1. The first kappa shape index (κ1) is 23.7. The molecular weight excluding hydrogens is 447 g/mol. The number of halogens is 3. The zero-order valence-corrected chi connectivity index (χ0v) is 18.0. The summed E-state index contributed by atoms with van der Waals surface area (Å²) in [4.78, 5) is 16.3. The third-order valence-corrected chi connectivity index (χ3v) is 6.63. The van der Waals surface area contributed by atoms with E-state index in [9.17, 15) is 26.4 Å². The van der Waals surface area contributed by atoms with Crippen molar-refractivity contribution in [1.82, 2.24) is 4.98 Å². The predicted octanol–water partition coefficient (Wildman–Crippen LogP) is 4.73. The minimum atomic E-state index is -4.58. The first-order valence-corrected chi connectivity index (χ1v) is 11.5. The SMILES string of the molecule is CCCS(=O)(=O)c1ccc(C2=CCOCC2)c(NC(=O)Nc2cc(C(F)(F)F)ccn2)c1. The number of alkyl halides is 3. The third kappa shape index (κ3) is 5.86. The number of anilines is 2. The number of pyridine rings is 1. The lowest BCUT2D eigenvalue weighted by atomic mass is 10.00. The van der Waals surface area contributed by atoms with Gasteiger partial charge in [0.1, 0.15) is 5.82 Å². The van der Waals surface area contributed by atoms with E-state index in [1.165, 1.54) is 12.1 Å². The Kier molecular flexibility index (Phi) is 7.19. The Hall–Kier alpha value is -2.92. The van der Waals surface area contributed by atoms with E-state index in [-0.39, 0.29) is 22.2 Å². The maximum absolute atomic E-state index is 12.9. The maximum Gasteiger partial charge on any atom is 0.416 e. The van der Waals surface area contributed by atoms with Crippen LogP contribution in [0, 0.1) is 0 Å². The summed E-state index contributed by atoms with van der Waals surface area (Å²) < 4.78 is 69.0. The number of benzene rings is 1. The van der Waals surface area contributed by atoms with Gasteiger partial charge in [0, 0.05) is 11.8 Å². The van der Waals surface area contributed by atoms with Crippen LogP contribution in [0.2, 0.25) is 0 Å². The highest BCUT2D eigenvalue weighted by Crippen LogP contribution is 2.32. The van der Waals surface area contributed by atoms with Crippen LogP contribution in [0.25, 0.3) is 5.57 Å². The summed E-state index contributed by atoms with van der Waals surface area (Å²) in [6, 6.07) is 5.10. The monoisotopic (exact) mass is 469 g/mol. The minimum absolute atomic E-state index is 0.0447. The third-order valence-electron chi connectivity index (χ3n) is 4.71. The van der Waals surface area contributed by atoms with E-state index in [1.807, 2.05) is 6.08 Å². The quantitative estimate of drug-likeness (QED) is 0.637. The molecule has 2 amide bonds. The van der Waals surface area contributed by atoms with Gasteiger partial charge in [-0.3, -0.25) is 5.32 Å². The smallest absolute Gasteiger partial charge is 0.377 e. The Morgan fingerprint density at radius 1 is 1.19 bits per heavy atom. The summed E-state index contributed by atoms with van der Waals surface area (Å²) >= 11 is 0. The molecule has 1 aliphatic rings. The Morgan fingerprint density at radius 3 is 2.62 bits per heavy atom. The van der Waals surface area contributed by atoms with Gasteiger partial charge in [-0.1, -0.05) is 19.1 Å². The van der Waals surface area contributed by atoms with E-state index in [1.54, 1.807) is 13.0 Å². The van der Waals surface area contributed by atoms with Gasteiger partial charge >= 0.3 is 12.2 Å². The second-order valence-corrected chi connectivity index (χ2v) is 9.20. The molecule has 0 spiro atoms. The molecule has 2 N–H and O–H groups in total. The summed E-state index contributed by atoms with van der Waals surface area (Å²) in [5, 5.41) is 4.81. The van der Waals surface area contributed by atoms with E-state index in [0.29, 0.717) is 37.7 Å². The summed E-state index contributed by atoms with van der Waals surface area (Å²) in [7, 11) is -3.55. The second-order valence-electron chi connectivity index (χ2n) is 7.09. The van der Waals surface area contributed by atoms with Crippen LogP contribution in [0.3, 0.4) is 0 Å². The largest absolute Gasteiger partial charge is 0.416 e. The molecule has 0 radical (unpaired) electrons. The van der Waals surface area contributed by atoms with Crippen molar-refractivity contribution >= 4 is 32.9 Å². The van der Waals surface area contributed by atoms with Crippen LogP contribution in [0.1, 0.15) is 30.9 Å². The molecule has 2 heterocycles. The molecule has 0 unspecified atom stereocenters. The molecule has 0 bridgehead atoms. The number of carbonyl (C=O) groups is 1. The van der Waals surface area contributed by atoms with Gasteiger partial charge in [-0.05, 0) is 42.7 Å². The van der Waals surface area contributed by atoms with Crippen molar-refractivity contribution in [2.45, 2.75) is 30.8 Å². The number of nitrogens with zero attached hydrogens (tertiary/aromatic N) is 1. The van der Waals surface area contributed by atoms with E-state index in [0.717, 1.165) is 17.8 Å². The normalized spacial score (nSPS) is 14.6. The molecule has 0 saturated heterocycles. The van der Waals surface area contributed by atoms with Crippen LogP contribution >= 0.6 is 0 Å². The Labute approximate surface area is 183 Å². The Balaban J connectivity index is 1.90. The maximum atomic E-state index is 12.9. The standard InChI is InChI=1S/C21H22F3N3O4S/c1-2-11-32(29,30)16-3-4-17(14-6-9-31-10-7-14)18(13-16)26-20(28)27-19-12-15(5-8-25-19)21(22,23)24/h3-6,8,12-13H,2,7,9-11H2,1H3,(H2,25,26,27,28). The van der Waals surface area contributed by atoms with E-state index >= 15 is 0 Å². The van der Waals surface area contributed by atoms with Gasteiger partial charge < -0.3 is 10.1 Å². The van der Waals surface area contributed by atoms with E-state index in [2.05, 4.69) is 15.6 Å². The van der Waals surface area contributed by atoms with Crippen molar-refractivity contribution < 1.29 is 31.1 Å². The molecule has 1 aliphatic heterocycles. The highest BCUT2D eigenvalue weighted by molar-refractivity contribution is 7.91. The molecule has 32 heavy (non-hydrogen) atoms. The van der Waals surface area contributed by atoms with Crippen molar-refractivity contribution in [3.8, 4) is 0 Å². The molecule has 7 nitrogen and oxygen atoms in total. The van der Waals surface area contributed by atoms with E-state index in [4.69, 9.17) is 4.74 Å². The second kappa shape index (κ2) is 9.70. The fourth-order valence-electron chi connectivity index (χ4n) is 3.20. The number of hydrogen-bond acceptors (Lipinski definition) is 5. The van der Waals surface area contributed by atoms with Crippen LogP contribution < -0.4 is 10.6 Å². The lowest BCUT2D eigenvalue weighted by Gasteiger charge is -2.19. The van der Waals surface area contributed by atoms with Gasteiger partial charge in [0.2, 0.25) is 0 Å². The fraction of sp³-hybridized carbons (Fsp3) is 0.333. The molecule has 11 heteroatoms. The molecule has 172 valence electrons. The molecule has 1 aromatic carbocycles. The fourth-order valence-corrected chi connectivity index (χ4v) is 4.55. The number of nitrogens with one attached hydrogen (secondary N) is 2. The lowest BCUT2D eigenvalue weighted by Crippen LogP contribution is -2.22. The van der Waals surface area contributed by atoms with Crippen molar-refractivity contribution in [3.05, 3.63) is 53.7 Å². The summed E-state index contributed by atoms with van der Waals surface area (Å²) in [6.07, 6.45) is -0.824. The van der Waals surface area contributed by atoms with Gasteiger partial charge in [0.25, 0.3) is 0 Å². The number of rotatable bonds is 6. The Morgan fingerprint density at radius 2 is 1.97 bits per heavy atom. The van der Waals surface area contributed by atoms with Gasteiger partial charge in [-0.25, -0.2) is 18.2 Å². The number of sulfone groups is 1. The summed E-state index contributed by atoms with van der Waals surface area (Å²) in [5.41, 5.74) is 0.738. The molecule has 0 fully saturated rings. The average Bonchev–Trinajstić information content (AvgIpc) is 2.74. The summed E-state index contributed by atoms with van der Waals surface area (Å²) in [6.45, 7) is 2.60. The molecule has 1 aromatic heterocycles. The zero-order chi connectivity index (χ0) is 23.4. The lowest BCUT2D eigenvalue weighted by molar-refractivity contribution is -0.137. The molecule has 0 atom stereocenters. The van der Waals surface area contributed by atoms with Gasteiger partial charge in [0.15, 0.2) is 9.84 Å². The number of ether oxygens (including phenoxy) is 1. The molecular formula is C21H22F3N3O4S. The van der Waals surface area contributed by atoms with Crippen LogP contribution in [0.15, 0.2) is 47.5 Å². The van der Waals surface area contributed by atoms with Gasteiger partial charge in [-0.2, -0.15) is 13.2 Å². The van der Waals surface area contributed by atoms with Gasteiger partial charge in [0.05, 0.1) is 35.1 Å². The Bertz CT molecular complexity index is 1130. The van der Waals surface area contributed by atoms with Crippen molar-refractivity contribution in [3.63, 3.8) is 0 Å². The number of hydrogen-bond donors (Lipinski definition) is 2. The predicted molar refractivity (Wildman–Crippen MR) is 114 cm³/mol. The van der Waals surface area contributed by atoms with Crippen molar-refractivity contribution in [2.24, 2.45) is 0 Å². The van der Waals surface area contributed by atoms with Crippen molar-refractivity contribution in [1.29, 1.82) is 0 Å². The molecule has 3 rings (SSSR count). The molecule has 2 aromatic rings. The van der Waals surface area contributed by atoms with Crippen LogP contribution in [-0.2, 0) is 20.8 Å². The zero-order valence-electron chi connectivity index (χ0n) is 17.2. The van der Waals surface area contributed by atoms with Crippen LogP contribution in [0.4, 0.5) is 29.5 Å². The average molecular weight is 469 g/mol. The topological polar surface area (TPSA) is 97.4 Å². The first-order valence-electron chi connectivity index (χ1n) is 9.85. The minimum Gasteiger partial charge on any atom is -0.377 e. The first-order chi connectivity index (χ1) is 15.1. The molecule has 0 aliphatic carbocycles. The van der Waals surface area contributed by atoms with Crippen LogP contribution in [-0.4, -0.2) is 38.4 Å².